The third kappa shape index (κ3) is 5.12. The second-order valence-electron chi connectivity index (χ2n) is 10.4. The van der Waals surface area contributed by atoms with Gasteiger partial charge in [0.15, 0.2) is 11.5 Å². The molecule has 0 aliphatic carbocycles. The van der Waals surface area contributed by atoms with Gasteiger partial charge < -0.3 is 14.6 Å². The fourth-order valence-electron chi connectivity index (χ4n) is 4.52. The number of fused-ring (bicyclic) bond motifs is 1. The molecule has 1 N–H and O–H groups in total. The van der Waals surface area contributed by atoms with E-state index in [-0.39, 0.29) is 17.0 Å². The minimum atomic E-state index is -0.346. The smallest absolute Gasteiger partial charge is 0.295 e. The van der Waals surface area contributed by atoms with Gasteiger partial charge in [0.2, 0.25) is 0 Å². The van der Waals surface area contributed by atoms with Gasteiger partial charge in [-0.25, -0.2) is 9.97 Å². The van der Waals surface area contributed by atoms with Crippen LogP contribution in [-0.2, 0) is 0 Å². The number of methoxy groups -OCH3 is 1. The number of aryl methyl sites for hydroxylation is 2. The van der Waals surface area contributed by atoms with E-state index in [1.54, 1.807) is 11.7 Å². The molecule has 3 heterocycles. The van der Waals surface area contributed by atoms with E-state index in [9.17, 15) is 4.79 Å². The van der Waals surface area contributed by atoms with Crippen LogP contribution in [0.25, 0.3) is 22.4 Å². The molecule has 190 valence electrons. The molecule has 8 nitrogen and oxygen atoms in total. The Labute approximate surface area is 211 Å². The van der Waals surface area contributed by atoms with Crippen molar-refractivity contribution in [2.24, 2.45) is 5.41 Å². The summed E-state index contributed by atoms with van der Waals surface area (Å²) in [7, 11) is 1.63. The fraction of sp³-hybridized carbons (Fsp3) is 0.429. The zero-order valence-corrected chi connectivity index (χ0v) is 22.2. The van der Waals surface area contributed by atoms with E-state index in [4.69, 9.17) is 14.2 Å². The predicted molar refractivity (Wildman–Crippen MR) is 143 cm³/mol. The van der Waals surface area contributed by atoms with Crippen molar-refractivity contribution in [2.75, 3.05) is 19.0 Å². The lowest BCUT2D eigenvalue weighted by Crippen LogP contribution is -2.29. The van der Waals surface area contributed by atoms with E-state index in [2.05, 4.69) is 36.2 Å². The van der Waals surface area contributed by atoms with Gasteiger partial charge in [-0.3, -0.25) is 9.36 Å². The van der Waals surface area contributed by atoms with Gasteiger partial charge in [0.1, 0.15) is 17.0 Å². The molecule has 0 saturated heterocycles. The van der Waals surface area contributed by atoms with Crippen LogP contribution in [0, 0.1) is 19.3 Å². The van der Waals surface area contributed by atoms with Crippen LogP contribution in [0.3, 0.4) is 0 Å². The van der Waals surface area contributed by atoms with E-state index in [1.807, 2.05) is 57.2 Å². The molecule has 0 unspecified atom stereocenters. The number of pyridine rings is 1. The van der Waals surface area contributed by atoms with Crippen molar-refractivity contribution in [2.45, 2.75) is 60.4 Å². The maximum atomic E-state index is 13.8. The number of nitrogens with zero attached hydrogens (tertiary/aromatic N) is 4. The summed E-state index contributed by atoms with van der Waals surface area (Å²) in [5.41, 5.74) is 4.28. The van der Waals surface area contributed by atoms with Crippen LogP contribution in [0.2, 0.25) is 0 Å². The van der Waals surface area contributed by atoms with Crippen LogP contribution < -0.4 is 15.6 Å². The van der Waals surface area contributed by atoms with E-state index < -0.39 is 0 Å². The molecule has 0 spiro atoms. The molecule has 0 fully saturated rings. The molecule has 1 atom stereocenters. The number of rotatable bonds is 8. The van der Waals surface area contributed by atoms with Crippen molar-refractivity contribution < 1.29 is 9.26 Å². The first-order valence-corrected chi connectivity index (χ1v) is 12.3. The van der Waals surface area contributed by atoms with Crippen LogP contribution in [0.15, 0.2) is 45.7 Å². The van der Waals surface area contributed by atoms with Gasteiger partial charge in [0.05, 0.1) is 30.1 Å². The third-order valence-electron chi connectivity index (χ3n) is 6.40. The summed E-state index contributed by atoms with van der Waals surface area (Å²) >= 11 is 0. The number of aromatic nitrogens is 4. The number of para-hydroxylation sites is 1. The summed E-state index contributed by atoms with van der Waals surface area (Å²) in [6.45, 7) is 13.0. The standard InChI is InChI=1S/C28H35N5O3/c1-17-24(19(3)36-32-17)21-13-14-22-26(31-21)33(18(2)20-11-8-9-12-23(20)35-7)27(34)25(30-22)29-16-10-15-28(4,5)6/h8-9,11-14,18H,10,15-16H2,1-7H3,(H,29,30)/t18-/m0/s1. The van der Waals surface area contributed by atoms with Gasteiger partial charge in [-0.05, 0) is 57.2 Å². The van der Waals surface area contributed by atoms with Gasteiger partial charge in [0, 0.05) is 12.1 Å². The van der Waals surface area contributed by atoms with Gasteiger partial charge in [0.25, 0.3) is 5.56 Å². The first kappa shape index (κ1) is 25.4. The van der Waals surface area contributed by atoms with Gasteiger partial charge in [-0.1, -0.05) is 44.1 Å². The molecule has 0 aliphatic heterocycles. The SMILES string of the molecule is COc1ccccc1[C@H](C)n1c(=O)c(NCCCC(C)(C)C)nc2ccc(-c3c(C)noc3C)nc21. The highest BCUT2D eigenvalue weighted by Gasteiger charge is 2.22. The van der Waals surface area contributed by atoms with E-state index in [0.717, 1.165) is 29.7 Å². The van der Waals surface area contributed by atoms with Crippen molar-refractivity contribution in [3.63, 3.8) is 0 Å². The molecule has 0 amide bonds. The van der Waals surface area contributed by atoms with Crippen LogP contribution in [-0.4, -0.2) is 33.3 Å². The molecule has 0 bridgehead atoms. The largest absolute Gasteiger partial charge is 0.496 e. The van der Waals surface area contributed by atoms with Gasteiger partial charge in [-0.2, -0.15) is 0 Å². The van der Waals surface area contributed by atoms with E-state index >= 15 is 0 Å². The Bertz CT molecular complexity index is 1410. The number of benzene rings is 1. The average molecular weight is 490 g/mol. The monoisotopic (exact) mass is 489 g/mol. The van der Waals surface area contributed by atoms with Crippen LogP contribution in [0.1, 0.15) is 63.6 Å². The van der Waals surface area contributed by atoms with Gasteiger partial charge in [-0.15, -0.1) is 0 Å². The molecule has 4 aromatic rings. The highest BCUT2D eigenvalue weighted by atomic mass is 16.5. The third-order valence-corrected chi connectivity index (χ3v) is 6.40. The van der Waals surface area contributed by atoms with Crippen molar-refractivity contribution in [1.29, 1.82) is 0 Å². The highest BCUT2D eigenvalue weighted by Crippen LogP contribution is 2.31. The number of hydrogen-bond donors (Lipinski definition) is 1. The number of anilines is 1. The Hall–Kier alpha value is -3.68. The maximum absolute atomic E-state index is 13.8. The van der Waals surface area contributed by atoms with Crippen LogP contribution in [0.5, 0.6) is 5.75 Å². The quantitative estimate of drug-likeness (QED) is 0.307. The maximum Gasteiger partial charge on any atom is 0.295 e. The molecule has 0 saturated carbocycles. The normalized spacial score (nSPS) is 12.6. The molecular weight excluding hydrogens is 454 g/mol. The Morgan fingerprint density at radius 2 is 1.86 bits per heavy atom. The molecule has 0 aliphatic rings. The Kier molecular flexibility index (Phi) is 7.15. The molecule has 1 aromatic carbocycles. The minimum Gasteiger partial charge on any atom is -0.496 e. The Balaban J connectivity index is 1.86. The van der Waals surface area contributed by atoms with Gasteiger partial charge >= 0.3 is 0 Å². The molecular formula is C28H35N5O3. The summed E-state index contributed by atoms with van der Waals surface area (Å²) in [6.07, 6.45) is 1.98. The van der Waals surface area contributed by atoms with Crippen molar-refractivity contribution in [1.82, 2.24) is 19.7 Å². The average Bonchev–Trinajstić information content (AvgIpc) is 3.18. The van der Waals surface area contributed by atoms with E-state index in [0.29, 0.717) is 40.7 Å². The minimum absolute atomic E-state index is 0.222. The first-order valence-electron chi connectivity index (χ1n) is 12.3. The summed E-state index contributed by atoms with van der Waals surface area (Å²) in [4.78, 5) is 23.4. The lowest BCUT2D eigenvalue weighted by molar-refractivity contribution is 0.370. The molecule has 4 rings (SSSR count). The second kappa shape index (κ2) is 10.1. The first-order chi connectivity index (χ1) is 17.1. The lowest BCUT2D eigenvalue weighted by Gasteiger charge is -2.21. The molecule has 3 aromatic heterocycles. The summed E-state index contributed by atoms with van der Waals surface area (Å²) in [5.74, 6) is 1.71. The Morgan fingerprint density at radius 1 is 1.11 bits per heavy atom. The molecule has 8 heteroatoms. The zero-order valence-electron chi connectivity index (χ0n) is 22.2. The topological polar surface area (TPSA) is 95.1 Å². The second-order valence-corrected chi connectivity index (χ2v) is 10.4. The highest BCUT2D eigenvalue weighted by molar-refractivity contribution is 5.77. The number of ether oxygens (including phenoxy) is 1. The Morgan fingerprint density at radius 3 is 2.53 bits per heavy atom. The van der Waals surface area contributed by atoms with Crippen LogP contribution >= 0.6 is 0 Å². The van der Waals surface area contributed by atoms with Crippen molar-refractivity contribution >= 4 is 17.0 Å². The van der Waals surface area contributed by atoms with Crippen molar-refractivity contribution in [3.05, 3.63) is 63.8 Å². The number of hydrogen-bond acceptors (Lipinski definition) is 7. The predicted octanol–water partition coefficient (Wildman–Crippen LogP) is 5.92. The summed E-state index contributed by atoms with van der Waals surface area (Å²) < 4.78 is 12.7. The molecule has 0 radical (unpaired) electrons. The van der Waals surface area contributed by atoms with Crippen molar-refractivity contribution in [3.8, 4) is 17.0 Å². The fourth-order valence-corrected chi connectivity index (χ4v) is 4.52. The summed E-state index contributed by atoms with van der Waals surface area (Å²) in [5, 5.41) is 7.35. The lowest BCUT2D eigenvalue weighted by atomic mass is 9.91. The number of nitrogens with one attached hydrogen (secondary N) is 1. The molecule has 36 heavy (non-hydrogen) atoms. The summed E-state index contributed by atoms with van der Waals surface area (Å²) in [6, 6.07) is 11.2. The van der Waals surface area contributed by atoms with Crippen LogP contribution in [0.4, 0.5) is 5.82 Å². The zero-order chi connectivity index (χ0) is 26.0. The van der Waals surface area contributed by atoms with E-state index in [1.165, 1.54) is 0 Å².